The van der Waals surface area contributed by atoms with Gasteiger partial charge in [-0.05, 0) is 0 Å². The van der Waals surface area contributed by atoms with Crippen LogP contribution < -0.4 is 0 Å². The summed E-state index contributed by atoms with van der Waals surface area (Å²) in [5, 5.41) is 0. The van der Waals surface area contributed by atoms with Crippen LogP contribution in [0.2, 0.25) is 0 Å². The standard InChI is InChI=1S/C14H10F20O4/c1-35-3-5(15,16)7(19,20)11(27,28)37-13(31,32)9(23,24)10(25,26)14(33,34)38-12(29,30)8(21,22)6(17,18)4-36-2/h3-4H2,1-2H3. The van der Waals surface area contributed by atoms with E-state index in [0.29, 0.717) is 0 Å². The van der Waals surface area contributed by atoms with E-state index in [1.807, 2.05) is 0 Å². The van der Waals surface area contributed by atoms with Crippen LogP contribution in [0.3, 0.4) is 0 Å². The van der Waals surface area contributed by atoms with Crippen LogP contribution in [-0.2, 0) is 18.9 Å². The number of methoxy groups -OCH3 is 2. The quantitative estimate of drug-likeness (QED) is 0.196. The Kier molecular flexibility index (Phi) is 9.71. The molecule has 0 bridgehead atoms. The van der Waals surface area contributed by atoms with Gasteiger partial charge in [-0.3, -0.25) is 0 Å². The average Bonchev–Trinajstić information content (AvgIpc) is 2.65. The van der Waals surface area contributed by atoms with Crippen LogP contribution in [0.5, 0.6) is 0 Å². The lowest BCUT2D eigenvalue weighted by Crippen LogP contribution is -2.69. The molecule has 0 amide bonds. The van der Waals surface area contributed by atoms with Gasteiger partial charge in [-0.15, -0.1) is 0 Å². The highest BCUT2D eigenvalue weighted by atomic mass is 19.4. The maximum absolute atomic E-state index is 13.5. The lowest BCUT2D eigenvalue weighted by molar-refractivity contribution is -0.539. The first-order valence-electron chi connectivity index (χ1n) is 8.45. The summed E-state index contributed by atoms with van der Waals surface area (Å²) in [4.78, 5) is 0. The van der Waals surface area contributed by atoms with Crippen LogP contribution >= 0.6 is 0 Å². The van der Waals surface area contributed by atoms with Crippen molar-refractivity contribution in [2.45, 2.75) is 60.0 Å². The first-order valence-corrected chi connectivity index (χ1v) is 8.45. The van der Waals surface area contributed by atoms with Crippen LogP contribution in [0.4, 0.5) is 87.8 Å². The number of alkyl halides is 20. The smallest absolute Gasteiger partial charge is 0.378 e. The van der Waals surface area contributed by atoms with Crippen LogP contribution in [0, 0.1) is 0 Å². The first-order chi connectivity index (χ1) is 16.3. The number of rotatable bonds is 15. The summed E-state index contributed by atoms with van der Waals surface area (Å²) in [7, 11) is 0.220. The summed E-state index contributed by atoms with van der Waals surface area (Å²) in [6.45, 7) is -5.61. The van der Waals surface area contributed by atoms with Gasteiger partial charge >= 0.3 is 60.0 Å². The zero-order valence-corrected chi connectivity index (χ0v) is 17.6. The van der Waals surface area contributed by atoms with E-state index in [1.54, 1.807) is 0 Å². The van der Waals surface area contributed by atoms with Crippen molar-refractivity contribution < 1.29 is 107 Å². The minimum absolute atomic E-state index is 0.110. The van der Waals surface area contributed by atoms with Crippen LogP contribution in [0.25, 0.3) is 0 Å². The SMILES string of the molecule is COCC(F)(F)C(F)(F)C(F)(F)OC(F)(F)C(F)(F)C(F)(F)C(F)(F)OC(F)(F)C(F)(F)C(F)(F)COC. The molecule has 0 unspecified atom stereocenters. The maximum atomic E-state index is 13.5. The number of hydrogen-bond acceptors (Lipinski definition) is 4. The predicted octanol–water partition coefficient (Wildman–Crippen LogP) is 6.50. The zero-order valence-electron chi connectivity index (χ0n) is 17.6. The van der Waals surface area contributed by atoms with Gasteiger partial charge < -0.3 is 9.47 Å². The average molecular weight is 622 g/mol. The Bertz CT molecular complexity index is 744. The third-order valence-corrected chi connectivity index (χ3v) is 3.94. The molecule has 0 aromatic carbocycles. The van der Waals surface area contributed by atoms with E-state index in [0.717, 1.165) is 0 Å². The molecule has 4 nitrogen and oxygen atoms in total. The second-order valence-corrected chi connectivity index (χ2v) is 6.84. The molecule has 0 aromatic heterocycles. The molecule has 0 spiro atoms. The first kappa shape index (κ1) is 36.4. The van der Waals surface area contributed by atoms with E-state index in [9.17, 15) is 87.8 Å². The van der Waals surface area contributed by atoms with Gasteiger partial charge in [0.15, 0.2) is 0 Å². The molecule has 0 aliphatic carbocycles. The second-order valence-electron chi connectivity index (χ2n) is 6.84. The third kappa shape index (κ3) is 5.81. The van der Waals surface area contributed by atoms with Gasteiger partial charge in [0.2, 0.25) is 0 Å². The van der Waals surface area contributed by atoms with Gasteiger partial charge in [-0.2, -0.15) is 87.8 Å². The topological polar surface area (TPSA) is 36.9 Å². The second kappa shape index (κ2) is 10.1. The number of hydrogen-bond donors (Lipinski definition) is 0. The summed E-state index contributed by atoms with van der Waals surface area (Å²) in [5.74, 6) is -44.4. The molecule has 0 atom stereocenters. The van der Waals surface area contributed by atoms with E-state index < -0.39 is 73.2 Å². The van der Waals surface area contributed by atoms with Crippen molar-refractivity contribution in [3.63, 3.8) is 0 Å². The third-order valence-electron chi connectivity index (χ3n) is 3.94. The van der Waals surface area contributed by atoms with Crippen molar-refractivity contribution >= 4 is 0 Å². The fourth-order valence-electron chi connectivity index (χ4n) is 1.91. The van der Waals surface area contributed by atoms with Gasteiger partial charge in [0.05, 0.1) is 0 Å². The predicted molar refractivity (Wildman–Crippen MR) is 75.4 cm³/mol. The minimum atomic E-state index is -8.50. The molecular formula is C14H10F20O4. The van der Waals surface area contributed by atoms with E-state index in [-0.39, 0.29) is 14.2 Å². The zero-order chi connectivity index (χ0) is 31.2. The fourth-order valence-corrected chi connectivity index (χ4v) is 1.91. The Hall–Kier alpha value is -1.56. The van der Waals surface area contributed by atoms with Crippen molar-refractivity contribution in [3.05, 3.63) is 0 Å². The molecule has 0 heterocycles. The molecule has 0 rings (SSSR count). The Morgan fingerprint density at radius 2 is 0.526 bits per heavy atom. The van der Waals surface area contributed by atoms with E-state index in [4.69, 9.17) is 0 Å². The molecule has 0 radical (unpaired) electrons. The maximum Gasteiger partial charge on any atom is 0.430 e. The van der Waals surface area contributed by atoms with E-state index >= 15 is 0 Å². The lowest BCUT2D eigenvalue weighted by atomic mass is 10.1. The van der Waals surface area contributed by atoms with Crippen molar-refractivity contribution in [1.82, 2.24) is 0 Å². The number of halogens is 20. The van der Waals surface area contributed by atoms with Gasteiger partial charge in [0, 0.05) is 14.2 Å². The van der Waals surface area contributed by atoms with Crippen LogP contribution in [0.15, 0.2) is 0 Å². The molecule has 0 fully saturated rings. The molecule has 0 aromatic rings. The van der Waals surface area contributed by atoms with Gasteiger partial charge in [0.1, 0.15) is 13.2 Å². The molecule has 24 heteroatoms. The van der Waals surface area contributed by atoms with Crippen molar-refractivity contribution in [2.24, 2.45) is 0 Å². The van der Waals surface area contributed by atoms with Crippen LogP contribution in [-0.4, -0.2) is 87.4 Å². The number of ether oxygens (including phenoxy) is 4. The van der Waals surface area contributed by atoms with E-state index in [2.05, 4.69) is 9.47 Å². The fraction of sp³-hybridized carbons (Fsp3) is 1.00. The Balaban J connectivity index is 6.47. The van der Waals surface area contributed by atoms with Gasteiger partial charge in [-0.25, -0.2) is 9.47 Å². The van der Waals surface area contributed by atoms with Gasteiger partial charge in [0.25, 0.3) is 0 Å². The van der Waals surface area contributed by atoms with Crippen LogP contribution in [0.1, 0.15) is 0 Å². The van der Waals surface area contributed by atoms with Crippen molar-refractivity contribution in [2.75, 3.05) is 27.4 Å². The molecule has 0 aliphatic rings. The van der Waals surface area contributed by atoms with E-state index in [1.165, 1.54) is 9.47 Å². The summed E-state index contributed by atoms with van der Waals surface area (Å²) in [6.07, 6.45) is -31.7. The molecule has 0 saturated heterocycles. The molecule has 38 heavy (non-hydrogen) atoms. The summed E-state index contributed by atoms with van der Waals surface area (Å²) in [5.41, 5.74) is 0. The Labute approximate surface area is 195 Å². The Morgan fingerprint density at radius 3 is 0.711 bits per heavy atom. The minimum Gasteiger partial charge on any atom is -0.378 e. The molecule has 0 N–H and O–H groups in total. The van der Waals surface area contributed by atoms with Gasteiger partial charge in [-0.1, -0.05) is 0 Å². The lowest BCUT2D eigenvalue weighted by Gasteiger charge is -2.40. The largest absolute Gasteiger partial charge is 0.430 e. The highest BCUT2D eigenvalue weighted by Gasteiger charge is 2.88. The monoisotopic (exact) mass is 622 g/mol. The molecule has 230 valence electrons. The highest BCUT2D eigenvalue weighted by Crippen LogP contribution is 2.59. The summed E-state index contributed by atoms with van der Waals surface area (Å²) >= 11 is 0. The highest BCUT2D eigenvalue weighted by molar-refractivity contribution is 5.01. The van der Waals surface area contributed by atoms with Crippen molar-refractivity contribution in [3.8, 4) is 0 Å². The molecule has 0 aliphatic heterocycles. The Morgan fingerprint density at radius 1 is 0.342 bits per heavy atom. The molecular weight excluding hydrogens is 612 g/mol. The van der Waals surface area contributed by atoms with Crippen molar-refractivity contribution in [1.29, 1.82) is 0 Å². The summed E-state index contributed by atoms with van der Waals surface area (Å²) in [6, 6.07) is 0. The summed E-state index contributed by atoms with van der Waals surface area (Å²) < 4.78 is 275. The molecule has 0 saturated carbocycles. The normalized spacial score (nSPS) is 16.3.